The molecule has 1 aliphatic heterocycles. The van der Waals surface area contributed by atoms with Crippen molar-refractivity contribution < 1.29 is 4.74 Å². The van der Waals surface area contributed by atoms with Crippen molar-refractivity contribution in [1.82, 2.24) is 10.2 Å². The van der Waals surface area contributed by atoms with Crippen molar-refractivity contribution in [3.63, 3.8) is 0 Å². The van der Waals surface area contributed by atoms with Crippen LogP contribution in [0.3, 0.4) is 0 Å². The van der Waals surface area contributed by atoms with Crippen LogP contribution in [-0.2, 0) is 0 Å². The smallest absolute Gasteiger partial charge is 0.118 e. The minimum Gasteiger partial charge on any atom is -0.497 e. The summed E-state index contributed by atoms with van der Waals surface area (Å²) in [6.45, 7) is 6.86. The molecule has 1 fully saturated rings. The standard InChI is InChI=1S/C16H26N2O/c1-12(2)18-10-9-14(11-17-3)16(18)13-5-7-15(19-4)8-6-13/h5-8,12,14,16-17H,9-11H2,1-4H3. The summed E-state index contributed by atoms with van der Waals surface area (Å²) in [5.41, 5.74) is 1.41. The molecule has 1 aromatic carbocycles. The molecule has 0 aromatic heterocycles. The molecule has 2 atom stereocenters. The minimum atomic E-state index is 0.526. The van der Waals surface area contributed by atoms with Gasteiger partial charge in [0.15, 0.2) is 0 Å². The molecule has 0 spiro atoms. The molecule has 3 nitrogen and oxygen atoms in total. The van der Waals surface area contributed by atoms with E-state index in [-0.39, 0.29) is 0 Å². The van der Waals surface area contributed by atoms with Crippen LogP contribution in [0.1, 0.15) is 31.9 Å². The first kappa shape index (κ1) is 14.4. The van der Waals surface area contributed by atoms with Crippen LogP contribution in [0.4, 0.5) is 0 Å². The summed E-state index contributed by atoms with van der Waals surface area (Å²) in [5, 5.41) is 3.34. The molecule has 1 N–H and O–H groups in total. The second-order valence-corrected chi connectivity index (χ2v) is 5.66. The van der Waals surface area contributed by atoms with Gasteiger partial charge in [0.25, 0.3) is 0 Å². The van der Waals surface area contributed by atoms with E-state index in [1.165, 1.54) is 18.5 Å². The molecule has 0 radical (unpaired) electrons. The van der Waals surface area contributed by atoms with Crippen molar-refractivity contribution in [3.05, 3.63) is 29.8 Å². The molecule has 19 heavy (non-hydrogen) atoms. The van der Waals surface area contributed by atoms with Gasteiger partial charge in [-0.3, -0.25) is 4.90 Å². The topological polar surface area (TPSA) is 24.5 Å². The van der Waals surface area contributed by atoms with Crippen LogP contribution in [0.25, 0.3) is 0 Å². The van der Waals surface area contributed by atoms with E-state index in [1.807, 2.05) is 7.05 Å². The van der Waals surface area contributed by atoms with Gasteiger partial charge in [0.2, 0.25) is 0 Å². The number of rotatable bonds is 5. The van der Waals surface area contributed by atoms with Crippen molar-refractivity contribution in [2.24, 2.45) is 5.92 Å². The summed E-state index contributed by atoms with van der Waals surface area (Å²) in [6, 6.07) is 9.69. The fourth-order valence-corrected chi connectivity index (χ4v) is 3.20. The number of nitrogens with zero attached hydrogens (tertiary/aromatic N) is 1. The van der Waals surface area contributed by atoms with Gasteiger partial charge < -0.3 is 10.1 Å². The van der Waals surface area contributed by atoms with E-state index < -0.39 is 0 Å². The average molecular weight is 262 g/mol. The van der Waals surface area contributed by atoms with Crippen LogP contribution in [0.5, 0.6) is 5.75 Å². The molecule has 0 aliphatic carbocycles. The Kier molecular flexibility index (Phi) is 4.83. The van der Waals surface area contributed by atoms with Crippen LogP contribution in [0, 0.1) is 5.92 Å². The second kappa shape index (κ2) is 6.40. The van der Waals surface area contributed by atoms with Crippen molar-refractivity contribution >= 4 is 0 Å². The molecular weight excluding hydrogens is 236 g/mol. The molecule has 1 saturated heterocycles. The lowest BCUT2D eigenvalue weighted by Crippen LogP contribution is -2.33. The summed E-state index contributed by atoms with van der Waals surface area (Å²) < 4.78 is 5.25. The molecular formula is C16H26N2O. The predicted molar refractivity (Wildman–Crippen MR) is 79.6 cm³/mol. The van der Waals surface area contributed by atoms with Crippen LogP contribution < -0.4 is 10.1 Å². The summed E-state index contributed by atoms with van der Waals surface area (Å²) in [4.78, 5) is 2.61. The molecule has 2 unspecified atom stereocenters. The lowest BCUT2D eigenvalue weighted by Gasteiger charge is -2.31. The highest BCUT2D eigenvalue weighted by molar-refractivity contribution is 5.30. The molecule has 106 valence electrons. The van der Waals surface area contributed by atoms with E-state index in [2.05, 4.69) is 48.3 Å². The molecule has 0 amide bonds. The monoisotopic (exact) mass is 262 g/mol. The minimum absolute atomic E-state index is 0.526. The predicted octanol–water partition coefficient (Wildman–Crippen LogP) is 2.69. The number of nitrogens with one attached hydrogen (secondary N) is 1. The number of hydrogen-bond donors (Lipinski definition) is 1. The molecule has 0 bridgehead atoms. The van der Waals surface area contributed by atoms with E-state index in [0.29, 0.717) is 18.0 Å². The number of methoxy groups -OCH3 is 1. The van der Waals surface area contributed by atoms with E-state index in [9.17, 15) is 0 Å². The van der Waals surface area contributed by atoms with E-state index in [0.717, 1.165) is 12.3 Å². The molecule has 1 heterocycles. The molecule has 0 saturated carbocycles. The van der Waals surface area contributed by atoms with Gasteiger partial charge >= 0.3 is 0 Å². The first-order valence-corrected chi connectivity index (χ1v) is 7.21. The SMILES string of the molecule is CNCC1CCN(C(C)C)C1c1ccc(OC)cc1. The second-order valence-electron chi connectivity index (χ2n) is 5.66. The largest absolute Gasteiger partial charge is 0.497 e. The highest BCUT2D eigenvalue weighted by Crippen LogP contribution is 2.38. The fraction of sp³-hybridized carbons (Fsp3) is 0.625. The van der Waals surface area contributed by atoms with Crippen molar-refractivity contribution in [2.75, 3.05) is 27.2 Å². The van der Waals surface area contributed by atoms with Gasteiger partial charge in [0.1, 0.15) is 5.75 Å². The van der Waals surface area contributed by atoms with Crippen molar-refractivity contribution in [2.45, 2.75) is 32.4 Å². The van der Waals surface area contributed by atoms with Gasteiger partial charge in [-0.15, -0.1) is 0 Å². The third-order valence-corrected chi connectivity index (χ3v) is 4.15. The normalized spacial score (nSPS) is 24.1. The Labute approximate surface area is 116 Å². The number of ether oxygens (including phenoxy) is 1. The lowest BCUT2D eigenvalue weighted by molar-refractivity contribution is 0.182. The Hall–Kier alpha value is -1.06. The Morgan fingerprint density at radius 2 is 2.00 bits per heavy atom. The number of likely N-dealkylation sites (tertiary alicyclic amines) is 1. The Bertz CT molecular complexity index is 388. The lowest BCUT2D eigenvalue weighted by atomic mass is 9.93. The Balaban J connectivity index is 2.23. The third-order valence-electron chi connectivity index (χ3n) is 4.15. The summed E-state index contributed by atoms with van der Waals surface area (Å²) >= 11 is 0. The summed E-state index contributed by atoms with van der Waals surface area (Å²) in [5.74, 6) is 1.63. The van der Waals surface area contributed by atoms with Gasteiger partial charge in [-0.1, -0.05) is 12.1 Å². The maximum atomic E-state index is 5.25. The van der Waals surface area contributed by atoms with E-state index in [4.69, 9.17) is 4.74 Å². The number of hydrogen-bond acceptors (Lipinski definition) is 3. The Morgan fingerprint density at radius 1 is 1.32 bits per heavy atom. The quantitative estimate of drug-likeness (QED) is 0.883. The highest BCUT2D eigenvalue weighted by atomic mass is 16.5. The maximum absolute atomic E-state index is 5.25. The molecule has 1 aromatic rings. The zero-order valence-corrected chi connectivity index (χ0v) is 12.5. The van der Waals surface area contributed by atoms with E-state index >= 15 is 0 Å². The van der Waals surface area contributed by atoms with Gasteiger partial charge in [-0.05, 0) is 64.0 Å². The highest BCUT2D eigenvalue weighted by Gasteiger charge is 2.35. The summed E-state index contributed by atoms with van der Waals surface area (Å²) in [7, 11) is 3.76. The van der Waals surface area contributed by atoms with E-state index in [1.54, 1.807) is 7.11 Å². The van der Waals surface area contributed by atoms with Crippen LogP contribution in [0.2, 0.25) is 0 Å². The average Bonchev–Trinajstić information content (AvgIpc) is 2.83. The third kappa shape index (κ3) is 3.10. The molecule has 1 aliphatic rings. The molecule has 3 heteroatoms. The number of benzene rings is 1. The van der Waals surface area contributed by atoms with Crippen LogP contribution in [-0.4, -0.2) is 38.2 Å². The van der Waals surface area contributed by atoms with Crippen LogP contribution >= 0.6 is 0 Å². The van der Waals surface area contributed by atoms with Gasteiger partial charge in [0.05, 0.1) is 7.11 Å². The maximum Gasteiger partial charge on any atom is 0.118 e. The van der Waals surface area contributed by atoms with Crippen molar-refractivity contribution in [3.8, 4) is 5.75 Å². The fourth-order valence-electron chi connectivity index (χ4n) is 3.20. The summed E-state index contributed by atoms with van der Waals surface area (Å²) in [6.07, 6.45) is 1.27. The van der Waals surface area contributed by atoms with Crippen molar-refractivity contribution in [1.29, 1.82) is 0 Å². The molecule has 2 rings (SSSR count). The van der Waals surface area contributed by atoms with Crippen LogP contribution in [0.15, 0.2) is 24.3 Å². The van der Waals surface area contributed by atoms with Gasteiger partial charge in [-0.25, -0.2) is 0 Å². The Morgan fingerprint density at radius 3 is 2.53 bits per heavy atom. The first-order chi connectivity index (χ1) is 9.17. The van der Waals surface area contributed by atoms with Gasteiger partial charge in [0, 0.05) is 12.1 Å². The zero-order chi connectivity index (χ0) is 13.8. The first-order valence-electron chi connectivity index (χ1n) is 7.21. The van der Waals surface area contributed by atoms with Gasteiger partial charge in [-0.2, -0.15) is 0 Å². The zero-order valence-electron chi connectivity index (χ0n) is 12.5.